The topological polar surface area (TPSA) is 68.9 Å². The van der Waals surface area contributed by atoms with Gasteiger partial charge in [-0.3, -0.25) is 9.78 Å². The fourth-order valence-electron chi connectivity index (χ4n) is 1.31. The van der Waals surface area contributed by atoms with Gasteiger partial charge >= 0.3 is 0 Å². The molecule has 80 valence electrons. The quantitative estimate of drug-likeness (QED) is 0.806. The van der Waals surface area contributed by atoms with Crippen molar-refractivity contribution in [1.82, 2.24) is 9.97 Å². The van der Waals surface area contributed by atoms with Crippen molar-refractivity contribution in [1.29, 1.82) is 0 Å². The summed E-state index contributed by atoms with van der Waals surface area (Å²) in [7, 11) is 0. The third-order valence-electron chi connectivity index (χ3n) is 2.08. The van der Waals surface area contributed by atoms with Crippen molar-refractivity contribution in [2.24, 2.45) is 5.73 Å². The van der Waals surface area contributed by atoms with Crippen LogP contribution in [0.3, 0.4) is 0 Å². The zero-order valence-electron chi connectivity index (χ0n) is 8.22. The van der Waals surface area contributed by atoms with E-state index < -0.39 is 5.91 Å². The van der Waals surface area contributed by atoms with Crippen molar-refractivity contribution in [3.63, 3.8) is 0 Å². The van der Waals surface area contributed by atoms with E-state index in [1.165, 1.54) is 6.20 Å². The normalized spacial score (nSPS) is 10.1. The van der Waals surface area contributed by atoms with Crippen molar-refractivity contribution in [2.75, 3.05) is 0 Å². The molecule has 2 rings (SSSR count). The first-order chi connectivity index (χ1) is 7.68. The summed E-state index contributed by atoms with van der Waals surface area (Å²) >= 11 is 5.92. The number of nitrogens with zero attached hydrogens (tertiary/aromatic N) is 2. The van der Waals surface area contributed by atoms with Gasteiger partial charge in [0, 0.05) is 23.5 Å². The van der Waals surface area contributed by atoms with E-state index in [-0.39, 0.29) is 0 Å². The number of aromatic nitrogens is 2. The summed E-state index contributed by atoms with van der Waals surface area (Å²) in [6.45, 7) is 0. The molecular formula is C11H8ClN3O. The van der Waals surface area contributed by atoms with Crippen LogP contribution in [0.5, 0.6) is 0 Å². The number of hydrogen-bond acceptors (Lipinski definition) is 3. The Labute approximate surface area is 97.1 Å². The van der Waals surface area contributed by atoms with Crippen LogP contribution in [0.25, 0.3) is 11.3 Å². The van der Waals surface area contributed by atoms with Gasteiger partial charge in [0.15, 0.2) is 0 Å². The molecule has 2 aromatic rings. The Morgan fingerprint density at radius 2 is 2.06 bits per heavy atom. The second-order valence-corrected chi connectivity index (χ2v) is 3.49. The van der Waals surface area contributed by atoms with Gasteiger partial charge < -0.3 is 5.73 Å². The van der Waals surface area contributed by atoms with E-state index in [9.17, 15) is 4.79 Å². The summed E-state index contributed by atoms with van der Waals surface area (Å²) < 4.78 is 0. The van der Waals surface area contributed by atoms with Crippen LogP contribution in [-0.4, -0.2) is 15.9 Å². The van der Waals surface area contributed by atoms with Gasteiger partial charge in [-0.2, -0.15) is 0 Å². The first-order valence-corrected chi connectivity index (χ1v) is 4.93. The molecule has 16 heavy (non-hydrogen) atoms. The first-order valence-electron chi connectivity index (χ1n) is 4.55. The van der Waals surface area contributed by atoms with Crippen molar-refractivity contribution < 1.29 is 4.79 Å². The summed E-state index contributed by atoms with van der Waals surface area (Å²) in [5.41, 5.74) is 6.83. The zero-order chi connectivity index (χ0) is 11.5. The van der Waals surface area contributed by atoms with Gasteiger partial charge in [-0.15, -0.1) is 0 Å². The van der Waals surface area contributed by atoms with Gasteiger partial charge in [0.05, 0.1) is 5.69 Å². The molecule has 0 saturated heterocycles. The van der Waals surface area contributed by atoms with Crippen LogP contribution in [0.2, 0.25) is 5.15 Å². The lowest BCUT2D eigenvalue weighted by Gasteiger charge is -2.03. The fourth-order valence-corrected chi connectivity index (χ4v) is 1.52. The summed E-state index contributed by atoms with van der Waals surface area (Å²) in [4.78, 5) is 19.1. The number of nitrogens with two attached hydrogens (primary N) is 1. The fraction of sp³-hybridized carbons (Fsp3) is 0. The first kappa shape index (κ1) is 10.6. The molecule has 5 heteroatoms. The highest BCUT2D eigenvalue weighted by Gasteiger charge is 2.07. The number of rotatable bonds is 2. The maximum atomic E-state index is 11.0. The van der Waals surface area contributed by atoms with Gasteiger partial charge in [-0.25, -0.2) is 4.98 Å². The molecule has 0 saturated carbocycles. The third-order valence-corrected chi connectivity index (χ3v) is 2.38. The predicted molar refractivity (Wildman–Crippen MR) is 61.0 cm³/mol. The Morgan fingerprint density at radius 3 is 2.75 bits per heavy atom. The second-order valence-electron chi connectivity index (χ2n) is 3.14. The summed E-state index contributed by atoms with van der Waals surface area (Å²) in [5.74, 6) is -0.497. The molecular weight excluding hydrogens is 226 g/mol. The lowest BCUT2D eigenvalue weighted by molar-refractivity contribution is 0.1000. The Balaban J connectivity index is 2.53. The molecule has 0 aliphatic rings. The predicted octanol–water partition coefficient (Wildman–Crippen LogP) is 1.90. The SMILES string of the molecule is NC(=O)c1ccnc(-c2cccnc2Cl)c1. The number of halogens is 1. The van der Waals surface area contributed by atoms with Crippen molar-refractivity contribution in [3.8, 4) is 11.3 Å². The van der Waals surface area contributed by atoms with Crippen LogP contribution in [0, 0.1) is 0 Å². The largest absolute Gasteiger partial charge is 0.366 e. The van der Waals surface area contributed by atoms with E-state index in [2.05, 4.69) is 9.97 Å². The highest BCUT2D eigenvalue weighted by Crippen LogP contribution is 2.24. The Hall–Kier alpha value is -1.94. The standard InChI is InChI=1S/C11H8ClN3O/c12-10-8(2-1-4-15-10)9-6-7(11(13)16)3-5-14-9/h1-6H,(H2,13,16). The van der Waals surface area contributed by atoms with E-state index in [1.807, 2.05) is 0 Å². The molecule has 0 aromatic carbocycles. The zero-order valence-corrected chi connectivity index (χ0v) is 8.98. The van der Waals surface area contributed by atoms with Crippen LogP contribution in [0.4, 0.5) is 0 Å². The van der Waals surface area contributed by atoms with Gasteiger partial charge in [0.25, 0.3) is 0 Å². The van der Waals surface area contributed by atoms with E-state index in [4.69, 9.17) is 17.3 Å². The van der Waals surface area contributed by atoms with E-state index >= 15 is 0 Å². The second kappa shape index (κ2) is 4.28. The number of carbonyl (C=O) groups excluding carboxylic acids is 1. The lowest BCUT2D eigenvalue weighted by atomic mass is 10.1. The van der Waals surface area contributed by atoms with Crippen molar-refractivity contribution in [3.05, 3.63) is 47.4 Å². The van der Waals surface area contributed by atoms with Crippen molar-refractivity contribution >= 4 is 17.5 Å². The van der Waals surface area contributed by atoms with Crippen LogP contribution < -0.4 is 5.73 Å². The van der Waals surface area contributed by atoms with Gasteiger partial charge in [0.1, 0.15) is 5.15 Å². The number of amides is 1. The highest BCUT2D eigenvalue weighted by molar-refractivity contribution is 6.32. The van der Waals surface area contributed by atoms with Crippen LogP contribution in [0.15, 0.2) is 36.7 Å². The average Bonchev–Trinajstić information content (AvgIpc) is 2.30. The molecule has 2 N–H and O–H groups in total. The van der Waals surface area contributed by atoms with E-state index in [0.29, 0.717) is 22.0 Å². The van der Waals surface area contributed by atoms with Crippen LogP contribution in [-0.2, 0) is 0 Å². The molecule has 0 radical (unpaired) electrons. The van der Waals surface area contributed by atoms with Crippen LogP contribution in [0.1, 0.15) is 10.4 Å². The monoisotopic (exact) mass is 233 g/mol. The Morgan fingerprint density at radius 1 is 1.25 bits per heavy atom. The highest BCUT2D eigenvalue weighted by atomic mass is 35.5. The summed E-state index contributed by atoms with van der Waals surface area (Å²) in [6.07, 6.45) is 3.10. The maximum Gasteiger partial charge on any atom is 0.248 e. The smallest absolute Gasteiger partial charge is 0.248 e. The minimum Gasteiger partial charge on any atom is -0.366 e. The number of hydrogen-bond donors (Lipinski definition) is 1. The molecule has 0 aliphatic carbocycles. The number of carbonyl (C=O) groups is 1. The molecule has 0 aliphatic heterocycles. The summed E-state index contributed by atoms with van der Waals surface area (Å²) in [5, 5.41) is 0.344. The molecule has 0 fully saturated rings. The van der Waals surface area contributed by atoms with E-state index in [0.717, 1.165) is 0 Å². The van der Waals surface area contributed by atoms with Crippen LogP contribution >= 0.6 is 11.6 Å². The summed E-state index contributed by atoms with van der Waals surface area (Å²) in [6, 6.07) is 6.67. The molecule has 1 amide bonds. The van der Waals surface area contributed by atoms with Crippen molar-refractivity contribution in [2.45, 2.75) is 0 Å². The van der Waals surface area contributed by atoms with Gasteiger partial charge in [-0.1, -0.05) is 11.6 Å². The lowest BCUT2D eigenvalue weighted by Crippen LogP contribution is -2.11. The Kier molecular flexibility index (Phi) is 2.83. The maximum absolute atomic E-state index is 11.0. The molecule has 0 spiro atoms. The number of primary amides is 1. The molecule has 2 heterocycles. The van der Waals surface area contributed by atoms with Gasteiger partial charge in [-0.05, 0) is 24.3 Å². The molecule has 0 unspecified atom stereocenters. The average molecular weight is 234 g/mol. The molecule has 0 bridgehead atoms. The molecule has 4 nitrogen and oxygen atoms in total. The minimum atomic E-state index is -0.497. The Bertz CT molecular complexity index is 542. The van der Waals surface area contributed by atoms with Gasteiger partial charge in [0.2, 0.25) is 5.91 Å². The molecule has 0 atom stereocenters. The molecule has 2 aromatic heterocycles. The third kappa shape index (κ3) is 2.01. The van der Waals surface area contributed by atoms with E-state index in [1.54, 1.807) is 30.5 Å². The number of pyridine rings is 2. The minimum absolute atomic E-state index is 0.344.